The number of halogens is 1. The van der Waals surface area contributed by atoms with Gasteiger partial charge in [-0.2, -0.15) is 5.26 Å². The number of pyridine rings is 1. The minimum absolute atomic E-state index is 0. The molecule has 0 spiro atoms. The molecule has 1 atom stereocenters. The van der Waals surface area contributed by atoms with Crippen LogP contribution in [0.2, 0.25) is 0 Å². The lowest BCUT2D eigenvalue weighted by Crippen LogP contribution is -2.50. The molecule has 1 aromatic carbocycles. The molecule has 1 aliphatic heterocycles. The molecule has 1 N–H and O–H groups in total. The highest BCUT2D eigenvalue weighted by Crippen LogP contribution is 2.30. The number of fused-ring (bicyclic) bond motifs is 1. The van der Waals surface area contributed by atoms with E-state index in [0.29, 0.717) is 11.6 Å². The van der Waals surface area contributed by atoms with E-state index in [0.717, 1.165) is 36.2 Å². The normalized spacial score (nSPS) is 18.4. The van der Waals surface area contributed by atoms with Gasteiger partial charge in [0.15, 0.2) is 0 Å². The number of hydrogen-bond acceptors (Lipinski definition) is 4. The van der Waals surface area contributed by atoms with Crippen molar-refractivity contribution in [2.45, 2.75) is 13.0 Å². The molecule has 20 heavy (non-hydrogen) atoms. The quantitative estimate of drug-likeness (QED) is 0.875. The van der Waals surface area contributed by atoms with Crippen molar-refractivity contribution in [3.05, 3.63) is 36.0 Å². The molecule has 0 radical (unpaired) electrons. The Morgan fingerprint density at radius 1 is 1.40 bits per heavy atom. The summed E-state index contributed by atoms with van der Waals surface area (Å²) in [6.07, 6.45) is 1.69. The third-order valence-corrected chi connectivity index (χ3v) is 3.66. The van der Waals surface area contributed by atoms with Gasteiger partial charge in [-0.1, -0.05) is 18.2 Å². The van der Waals surface area contributed by atoms with Crippen LogP contribution in [0.4, 0.5) is 5.69 Å². The maximum Gasteiger partial charge on any atom is 0.103 e. The third kappa shape index (κ3) is 2.43. The van der Waals surface area contributed by atoms with E-state index < -0.39 is 0 Å². The Morgan fingerprint density at radius 2 is 2.20 bits per heavy atom. The van der Waals surface area contributed by atoms with E-state index in [-0.39, 0.29) is 12.4 Å². The first kappa shape index (κ1) is 14.6. The van der Waals surface area contributed by atoms with E-state index in [1.807, 2.05) is 24.3 Å². The van der Waals surface area contributed by atoms with Crippen molar-refractivity contribution in [1.82, 2.24) is 10.3 Å². The lowest BCUT2D eigenvalue weighted by molar-refractivity contribution is 0.501. The minimum Gasteiger partial charge on any atom is -0.365 e. The highest BCUT2D eigenvalue weighted by atomic mass is 35.5. The zero-order valence-corrected chi connectivity index (χ0v) is 12.2. The summed E-state index contributed by atoms with van der Waals surface area (Å²) in [4.78, 5) is 6.69. The predicted octanol–water partition coefficient (Wildman–Crippen LogP) is 2.33. The fourth-order valence-corrected chi connectivity index (χ4v) is 2.69. The van der Waals surface area contributed by atoms with Gasteiger partial charge in [0.1, 0.15) is 6.07 Å². The number of nitrogens with zero attached hydrogens (tertiary/aromatic N) is 3. The molecular formula is C15H17ClN4. The van der Waals surface area contributed by atoms with Gasteiger partial charge in [0.05, 0.1) is 16.8 Å². The molecule has 1 saturated heterocycles. The van der Waals surface area contributed by atoms with Crippen LogP contribution in [0.15, 0.2) is 30.5 Å². The van der Waals surface area contributed by atoms with E-state index in [4.69, 9.17) is 0 Å². The van der Waals surface area contributed by atoms with Crippen molar-refractivity contribution in [2.24, 2.45) is 0 Å². The Bertz CT molecular complexity index is 650. The van der Waals surface area contributed by atoms with Crippen molar-refractivity contribution in [3.8, 4) is 6.07 Å². The van der Waals surface area contributed by atoms with Gasteiger partial charge >= 0.3 is 0 Å². The summed E-state index contributed by atoms with van der Waals surface area (Å²) in [5, 5.41) is 13.8. The van der Waals surface area contributed by atoms with E-state index >= 15 is 0 Å². The highest BCUT2D eigenvalue weighted by molar-refractivity contribution is 5.94. The van der Waals surface area contributed by atoms with Gasteiger partial charge in [-0.3, -0.25) is 4.98 Å². The van der Waals surface area contributed by atoms with Gasteiger partial charge in [0, 0.05) is 37.3 Å². The number of aromatic nitrogens is 1. The molecule has 1 aromatic heterocycles. The number of hydrogen-bond donors (Lipinski definition) is 1. The van der Waals surface area contributed by atoms with Crippen LogP contribution in [0.25, 0.3) is 10.9 Å². The van der Waals surface area contributed by atoms with Crippen molar-refractivity contribution in [3.63, 3.8) is 0 Å². The molecule has 0 aliphatic carbocycles. The molecule has 0 amide bonds. The molecule has 4 nitrogen and oxygen atoms in total. The van der Waals surface area contributed by atoms with Crippen LogP contribution in [-0.2, 0) is 0 Å². The molecule has 104 valence electrons. The Labute approximate surface area is 124 Å². The minimum atomic E-state index is 0. The molecule has 2 heterocycles. The van der Waals surface area contributed by atoms with Gasteiger partial charge in [-0.15, -0.1) is 12.4 Å². The summed E-state index contributed by atoms with van der Waals surface area (Å²) in [7, 11) is 0. The predicted molar refractivity (Wildman–Crippen MR) is 83.4 cm³/mol. The summed E-state index contributed by atoms with van der Waals surface area (Å²) < 4.78 is 0. The van der Waals surface area contributed by atoms with Crippen molar-refractivity contribution in [1.29, 1.82) is 5.26 Å². The number of anilines is 1. The van der Waals surface area contributed by atoms with E-state index in [1.165, 1.54) is 0 Å². The average molecular weight is 289 g/mol. The maximum absolute atomic E-state index is 9.36. The first-order valence-electron chi connectivity index (χ1n) is 6.56. The number of nitrogens with one attached hydrogen (secondary N) is 1. The topological polar surface area (TPSA) is 52.0 Å². The van der Waals surface area contributed by atoms with Gasteiger partial charge in [-0.25, -0.2) is 0 Å². The Morgan fingerprint density at radius 3 is 2.95 bits per heavy atom. The monoisotopic (exact) mass is 288 g/mol. The Kier molecular flexibility index (Phi) is 4.43. The Hall–Kier alpha value is -1.83. The summed E-state index contributed by atoms with van der Waals surface area (Å²) in [6.45, 7) is 5.00. The summed E-state index contributed by atoms with van der Waals surface area (Å²) in [5.41, 5.74) is 2.64. The molecule has 2 aromatic rings. The molecule has 0 unspecified atom stereocenters. The molecular weight excluding hydrogens is 272 g/mol. The standard InChI is InChI=1S/C15H16N4.ClH/c1-11-9-17-6-7-19(11)15-12(8-16)10-18-14-5-3-2-4-13(14)15;/h2-5,10-11,17H,6-7,9H2,1H3;1H/t11-;/m1./s1. The summed E-state index contributed by atoms with van der Waals surface area (Å²) >= 11 is 0. The van der Waals surface area contributed by atoms with Crippen LogP contribution in [0.3, 0.4) is 0 Å². The fraction of sp³-hybridized carbons (Fsp3) is 0.333. The zero-order valence-electron chi connectivity index (χ0n) is 11.3. The van der Waals surface area contributed by atoms with Crippen molar-refractivity contribution in [2.75, 3.05) is 24.5 Å². The highest BCUT2D eigenvalue weighted by Gasteiger charge is 2.22. The summed E-state index contributed by atoms with van der Waals surface area (Å²) in [6, 6.07) is 10.7. The van der Waals surface area contributed by atoms with Crippen LogP contribution < -0.4 is 10.2 Å². The SMILES string of the molecule is C[C@@H]1CNCCN1c1c(C#N)cnc2ccccc12.Cl. The van der Waals surface area contributed by atoms with Crippen LogP contribution in [0.5, 0.6) is 0 Å². The smallest absolute Gasteiger partial charge is 0.103 e. The van der Waals surface area contributed by atoms with Crippen molar-refractivity contribution < 1.29 is 0 Å². The second-order valence-corrected chi connectivity index (χ2v) is 4.90. The van der Waals surface area contributed by atoms with Gasteiger partial charge in [-0.05, 0) is 13.0 Å². The lowest BCUT2D eigenvalue weighted by atomic mass is 10.1. The average Bonchev–Trinajstić information content (AvgIpc) is 2.47. The van der Waals surface area contributed by atoms with Crippen LogP contribution in [-0.4, -0.2) is 30.7 Å². The second-order valence-electron chi connectivity index (χ2n) is 4.90. The van der Waals surface area contributed by atoms with Crippen molar-refractivity contribution >= 4 is 29.0 Å². The van der Waals surface area contributed by atoms with Crippen LogP contribution >= 0.6 is 12.4 Å². The lowest BCUT2D eigenvalue weighted by Gasteiger charge is -2.36. The van der Waals surface area contributed by atoms with Crippen LogP contribution in [0, 0.1) is 11.3 Å². The Balaban J connectivity index is 0.00000147. The first-order valence-corrected chi connectivity index (χ1v) is 6.56. The fourth-order valence-electron chi connectivity index (χ4n) is 2.69. The molecule has 0 bridgehead atoms. The number of piperazine rings is 1. The van der Waals surface area contributed by atoms with Gasteiger partial charge in [0.25, 0.3) is 0 Å². The second kappa shape index (κ2) is 6.08. The molecule has 5 heteroatoms. The van der Waals surface area contributed by atoms with Gasteiger partial charge in [0.2, 0.25) is 0 Å². The number of nitriles is 1. The number of para-hydroxylation sites is 1. The number of benzene rings is 1. The zero-order chi connectivity index (χ0) is 13.2. The first-order chi connectivity index (χ1) is 9.31. The maximum atomic E-state index is 9.36. The van der Waals surface area contributed by atoms with E-state index in [9.17, 15) is 5.26 Å². The summed E-state index contributed by atoms with van der Waals surface area (Å²) in [5.74, 6) is 0. The molecule has 0 saturated carbocycles. The van der Waals surface area contributed by atoms with Crippen LogP contribution in [0.1, 0.15) is 12.5 Å². The molecule has 3 rings (SSSR count). The third-order valence-electron chi connectivity index (χ3n) is 3.66. The number of rotatable bonds is 1. The molecule has 1 fully saturated rings. The largest absolute Gasteiger partial charge is 0.365 e. The molecule has 1 aliphatic rings. The van der Waals surface area contributed by atoms with E-state index in [1.54, 1.807) is 6.20 Å². The van der Waals surface area contributed by atoms with E-state index in [2.05, 4.69) is 28.2 Å². The van der Waals surface area contributed by atoms with Gasteiger partial charge < -0.3 is 10.2 Å².